The molecule has 0 aromatic heterocycles. The molecule has 2 aliphatic carbocycles. The van der Waals surface area contributed by atoms with Crippen molar-refractivity contribution in [3.63, 3.8) is 0 Å². The number of hydrogen-bond acceptors (Lipinski definition) is 0. The summed E-state index contributed by atoms with van der Waals surface area (Å²) in [6.07, 6.45) is 8.94. The third-order valence-corrected chi connectivity index (χ3v) is 5.10. The SMILES string of the molecule is CCC1(C)CCC(C)(C)C2=C1CC(C)=CC2. The van der Waals surface area contributed by atoms with Crippen molar-refractivity contribution >= 4 is 0 Å². The van der Waals surface area contributed by atoms with Crippen LogP contribution in [0, 0.1) is 10.8 Å². The van der Waals surface area contributed by atoms with E-state index in [1.165, 1.54) is 32.1 Å². The number of allylic oxidation sites excluding steroid dienone is 4. The van der Waals surface area contributed by atoms with Gasteiger partial charge in [0, 0.05) is 0 Å². The first-order valence-corrected chi connectivity index (χ1v) is 6.78. The molecule has 0 saturated carbocycles. The van der Waals surface area contributed by atoms with E-state index in [2.05, 4.69) is 40.7 Å². The van der Waals surface area contributed by atoms with Crippen LogP contribution in [-0.4, -0.2) is 0 Å². The van der Waals surface area contributed by atoms with Crippen LogP contribution in [0.3, 0.4) is 0 Å². The highest BCUT2D eigenvalue weighted by Crippen LogP contribution is 2.54. The maximum absolute atomic E-state index is 2.48. The minimum absolute atomic E-state index is 0.446. The molecule has 0 heteroatoms. The first kappa shape index (κ1) is 12.0. The Morgan fingerprint density at radius 2 is 1.81 bits per heavy atom. The molecule has 16 heavy (non-hydrogen) atoms. The molecular formula is C16H26. The Morgan fingerprint density at radius 1 is 1.12 bits per heavy atom. The van der Waals surface area contributed by atoms with Crippen LogP contribution in [0.4, 0.5) is 0 Å². The molecule has 2 aliphatic rings. The summed E-state index contributed by atoms with van der Waals surface area (Å²) in [5.41, 5.74) is 6.05. The van der Waals surface area contributed by atoms with E-state index in [-0.39, 0.29) is 0 Å². The summed E-state index contributed by atoms with van der Waals surface area (Å²) in [6.45, 7) is 12.0. The van der Waals surface area contributed by atoms with Gasteiger partial charge in [0.2, 0.25) is 0 Å². The molecule has 1 unspecified atom stereocenters. The van der Waals surface area contributed by atoms with Crippen molar-refractivity contribution in [1.29, 1.82) is 0 Å². The number of rotatable bonds is 1. The molecule has 90 valence electrons. The second-order valence-corrected chi connectivity index (χ2v) is 6.69. The zero-order valence-corrected chi connectivity index (χ0v) is 11.6. The minimum atomic E-state index is 0.446. The Labute approximate surface area is 101 Å². The summed E-state index contributed by atoms with van der Waals surface area (Å²) >= 11 is 0. The topological polar surface area (TPSA) is 0 Å². The summed E-state index contributed by atoms with van der Waals surface area (Å²) in [5, 5.41) is 0. The Morgan fingerprint density at radius 3 is 2.44 bits per heavy atom. The predicted molar refractivity (Wildman–Crippen MR) is 71.4 cm³/mol. The molecule has 0 fully saturated rings. The van der Waals surface area contributed by atoms with Gasteiger partial charge in [-0.05, 0) is 49.9 Å². The molecule has 0 N–H and O–H groups in total. The van der Waals surface area contributed by atoms with E-state index in [9.17, 15) is 0 Å². The fourth-order valence-corrected chi connectivity index (χ4v) is 3.40. The van der Waals surface area contributed by atoms with Gasteiger partial charge in [-0.3, -0.25) is 0 Å². The van der Waals surface area contributed by atoms with Crippen LogP contribution in [0.1, 0.15) is 66.7 Å². The largest absolute Gasteiger partial charge is 0.0812 e. The van der Waals surface area contributed by atoms with Crippen molar-refractivity contribution in [3.8, 4) is 0 Å². The van der Waals surface area contributed by atoms with Gasteiger partial charge in [-0.2, -0.15) is 0 Å². The van der Waals surface area contributed by atoms with Gasteiger partial charge in [0.25, 0.3) is 0 Å². The van der Waals surface area contributed by atoms with Gasteiger partial charge in [0.1, 0.15) is 0 Å². The van der Waals surface area contributed by atoms with Crippen LogP contribution in [0.25, 0.3) is 0 Å². The van der Waals surface area contributed by atoms with E-state index in [1.807, 2.05) is 0 Å². The van der Waals surface area contributed by atoms with Crippen LogP contribution >= 0.6 is 0 Å². The van der Waals surface area contributed by atoms with Crippen molar-refractivity contribution in [2.75, 3.05) is 0 Å². The fourth-order valence-electron chi connectivity index (χ4n) is 3.40. The summed E-state index contributed by atoms with van der Waals surface area (Å²) in [5.74, 6) is 0. The van der Waals surface area contributed by atoms with Gasteiger partial charge >= 0.3 is 0 Å². The quantitative estimate of drug-likeness (QED) is 0.527. The zero-order chi connectivity index (χ0) is 12.0. The molecule has 0 heterocycles. The molecule has 0 amide bonds. The molecular weight excluding hydrogens is 192 g/mol. The first-order chi connectivity index (χ1) is 7.39. The maximum atomic E-state index is 2.48. The van der Waals surface area contributed by atoms with E-state index < -0.39 is 0 Å². The fraction of sp³-hybridized carbons (Fsp3) is 0.750. The van der Waals surface area contributed by atoms with Crippen molar-refractivity contribution in [1.82, 2.24) is 0 Å². The molecule has 0 aromatic carbocycles. The van der Waals surface area contributed by atoms with Gasteiger partial charge in [-0.15, -0.1) is 0 Å². The molecule has 0 nitrogen and oxygen atoms in total. The number of hydrogen-bond donors (Lipinski definition) is 0. The second-order valence-electron chi connectivity index (χ2n) is 6.69. The Kier molecular flexibility index (Phi) is 2.80. The molecule has 1 atom stereocenters. The average molecular weight is 218 g/mol. The third kappa shape index (κ3) is 1.77. The highest BCUT2D eigenvalue weighted by Gasteiger charge is 2.40. The molecule has 0 aliphatic heterocycles. The molecule has 0 aromatic rings. The highest BCUT2D eigenvalue weighted by atomic mass is 14.5. The van der Waals surface area contributed by atoms with E-state index in [1.54, 1.807) is 16.7 Å². The van der Waals surface area contributed by atoms with Gasteiger partial charge in [-0.25, -0.2) is 0 Å². The lowest BCUT2D eigenvalue weighted by Crippen LogP contribution is -2.33. The van der Waals surface area contributed by atoms with Gasteiger partial charge in [-0.1, -0.05) is 50.5 Å². The predicted octanol–water partition coefficient (Wildman–Crippen LogP) is 5.26. The summed E-state index contributed by atoms with van der Waals surface area (Å²) < 4.78 is 0. The standard InChI is InChI=1S/C16H26/c1-6-16(5)10-9-15(3,4)13-8-7-12(2)11-14(13)16/h7H,6,8-11H2,1-5H3. The summed E-state index contributed by atoms with van der Waals surface area (Å²) in [6, 6.07) is 0. The lowest BCUT2D eigenvalue weighted by atomic mass is 9.58. The van der Waals surface area contributed by atoms with Gasteiger partial charge in [0.15, 0.2) is 0 Å². The Balaban J connectivity index is 2.45. The molecule has 0 spiro atoms. The monoisotopic (exact) mass is 218 g/mol. The first-order valence-electron chi connectivity index (χ1n) is 6.78. The zero-order valence-electron chi connectivity index (χ0n) is 11.6. The van der Waals surface area contributed by atoms with Crippen LogP contribution in [-0.2, 0) is 0 Å². The Hall–Kier alpha value is -0.520. The molecule has 2 rings (SSSR count). The lowest BCUT2D eigenvalue weighted by molar-refractivity contribution is 0.227. The highest BCUT2D eigenvalue weighted by molar-refractivity contribution is 5.38. The van der Waals surface area contributed by atoms with Crippen molar-refractivity contribution in [2.45, 2.75) is 66.7 Å². The van der Waals surface area contributed by atoms with Crippen molar-refractivity contribution in [3.05, 3.63) is 22.8 Å². The third-order valence-electron chi connectivity index (χ3n) is 5.10. The van der Waals surface area contributed by atoms with E-state index in [0.717, 1.165) is 0 Å². The van der Waals surface area contributed by atoms with Gasteiger partial charge < -0.3 is 0 Å². The summed E-state index contributed by atoms with van der Waals surface area (Å²) in [7, 11) is 0. The van der Waals surface area contributed by atoms with Crippen LogP contribution in [0.15, 0.2) is 22.8 Å². The summed E-state index contributed by atoms with van der Waals surface area (Å²) in [4.78, 5) is 0. The Bertz CT molecular complexity index is 354. The van der Waals surface area contributed by atoms with Crippen LogP contribution in [0.2, 0.25) is 0 Å². The second kappa shape index (κ2) is 3.75. The minimum Gasteiger partial charge on any atom is -0.0812 e. The molecule has 0 bridgehead atoms. The van der Waals surface area contributed by atoms with Crippen molar-refractivity contribution < 1.29 is 0 Å². The van der Waals surface area contributed by atoms with E-state index >= 15 is 0 Å². The maximum Gasteiger partial charge on any atom is -0.0103 e. The van der Waals surface area contributed by atoms with E-state index in [4.69, 9.17) is 0 Å². The molecule has 0 radical (unpaired) electrons. The van der Waals surface area contributed by atoms with Crippen LogP contribution < -0.4 is 0 Å². The van der Waals surface area contributed by atoms with Crippen molar-refractivity contribution in [2.24, 2.45) is 10.8 Å². The lowest BCUT2D eigenvalue weighted by Gasteiger charge is -2.47. The van der Waals surface area contributed by atoms with Crippen LogP contribution in [0.5, 0.6) is 0 Å². The van der Waals surface area contributed by atoms with Gasteiger partial charge in [0.05, 0.1) is 0 Å². The molecule has 0 saturated heterocycles. The van der Waals surface area contributed by atoms with E-state index in [0.29, 0.717) is 10.8 Å². The normalized spacial score (nSPS) is 33.4. The average Bonchev–Trinajstić information content (AvgIpc) is 2.24. The smallest absolute Gasteiger partial charge is 0.0103 e.